The Hall–Kier alpha value is -2.69. The van der Waals surface area contributed by atoms with Crippen molar-refractivity contribution >= 4 is 42.6 Å². The van der Waals surface area contributed by atoms with E-state index in [0.717, 1.165) is 4.70 Å². The van der Waals surface area contributed by atoms with Crippen LogP contribution in [-0.2, 0) is 10.0 Å². The standard InChI is InChI=1S/C24H31N3O5S2/c1-15(2)13-27(14-16(3)4)34(29,30)19-9-7-17(8-10-19)23(28)26-24-25-22-20(32-6)11-18(31-5)12-21(22)33-24/h7-12,15-16H,13-14H2,1-6H3,(H,25,26,28). The fourth-order valence-corrected chi connectivity index (χ4v) is 6.16. The van der Waals surface area contributed by atoms with Crippen molar-refractivity contribution in [3.8, 4) is 11.5 Å². The fourth-order valence-electron chi connectivity index (χ4n) is 3.48. The number of amides is 1. The van der Waals surface area contributed by atoms with Gasteiger partial charge in [-0.3, -0.25) is 10.1 Å². The lowest BCUT2D eigenvalue weighted by Crippen LogP contribution is -2.37. The molecule has 0 fully saturated rings. The molecule has 34 heavy (non-hydrogen) atoms. The van der Waals surface area contributed by atoms with Crippen molar-refractivity contribution in [3.63, 3.8) is 0 Å². The van der Waals surface area contributed by atoms with Crippen LogP contribution in [0.3, 0.4) is 0 Å². The number of nitrogens with one attached hydrogen (secondary N) is 1. The summed E-state index contributed by atoms with van der Waals surface area (Å²) in [5.74, 6) is 1.20. The number of sulfonamides is 1. The Balaban J connectivity index is 1.81. The van der Waals surface area contributed by atoms with Crippen LogP contribution in [0.25, 0.3) is 10.2 Å². The van der Waals surface area contributed by atoms with E-state index in [1.54, 1.807) is 20.3 Å². The molecule has 0 saturated carbocycles. The van der Waals surface area contributed by atoms with Gasteiger partial charge in [0.1, 0.15) is 17.0 Å². The average molecular weight is 506 g/mol. The quantitative estimate of drug-likeness (QED) is 0.422. The Labute approximate surface area is 205 Å². The van der Waals surface area contributed by atoms with Gasteiger partial charge in [-0.05, 0) is 42.2 Å². The number of carbonyl (C=O) groups is 1. The number of rotatable bonds is 10. The summed E-state index contributed by atoms with van der Waals surface area (Å²) in [6, 6.07) is 9.54. The predicted octanol–water partition coefficient (Wildman–Crippen LogP) is 4.87. The minimum absolute atomic E-state index is 0.169. The van der Waals surface area contributed by atoms with Gasteiger partial charge in [0.25, 0.3) is 5.91 Å². The summed E-state index contributed by atoms with van der Waals surface area (Å²) in [7, 11) is -0.544. The highest BCUT2D eigenvalue weighted by Gasteiger charge is 2.26. The monoisotopic (exact) mass is 505 g/mol. The molecule has 0 aliphatic rings. The van der Waals surface area contributed by atoms with E-state index < -0.39 is 10.0 Å². The maximum atomic E-state index is 13.2. The van der Waals surface area contributed by atoms with E-state index in [0.29, 0.717) is 40.8 Å². The molecule has 1 N–H and O–H groups in total. The van der Waals surface area contributed by atoms with Crippen LogP contribution in [0.5, 0.6) is 11.5 Å². The molecule has 0 spiro atoms. The van der Waals surface area contributed by atoms with Crippen LogP contribution < -0.4 is 14.8 Å². The maximum Gasteiger partial charge on any atom is 0.257 e. The molecular formula is C24H31N3O5S2. The van der Waals surface area contributed by atoms with Crippen molar-refractivity contribution in [3.05, 3.63) is 42.0 Å². The second-order valence-electron chi connectivity index (χ2n) is 8.78. The Bertz CT molecular complexity index is 1240. The van der Waals surface area contributed by atoms with Gasteiger partial charge in [-0.25, -0.2) is 13.4 Å². The normalized spacial score (nSPS) is 12.0. The SMILES string of the molecule is COc1cc(OC)c2nc(NC(=O)c3ccc(S(=O)(=O)N(CC(C)C)CC(C)C)cc3)sc2c1. The van der Waals surface area contributed by atoms with E-state index in [1.807, 2.05) is 33.8 Å². The molecule has 0 radical (unpaired) electrons. The van der Waals surface area contributed by atoms with Gasteiger partial charge >= 0.3 is 0 Å². The summed E-state index contributed by atoms with van der Waals surface area (Å²) in [6.45, 7) is 8.84. The van der Waals surface area contributed by atoms with E-state index >= 15 is 0 Å². The number of hydrogen-bond donors (Lipinski definition) is 1. The minimum Gasteiger partial charge on any atom is -0.497 e. The lowest BCUT2D eigenvalue weighted by atomic mass is 10.2. The highest BCUT2D eigenvalue weighted by atomic mass is 32.2. The minimum atomic E-state index is -3.66. The third kappa shape index (κ3) is 5.86. The lowest BCUT2D eigenvalue weighted by molar-refractivity contribution is 0.102. The third-order valence-electron chi connectivity index (χ3n) is 5.00. The van der Waals surface area contributed by atoms with Gasteiger partial charge in [0.05, 0.1) is 23.8 Å². The first-order valence-corrected chi connectivity index (χ1v) is 13.2. The zero-order chi connectivity index (χ0) is 25.0. The number of hydrogen-bond acceptors (Lipinski definition) is 7. The molecule has 0 aliphatic carbocycles. The molecular weight excluding hydrogens is 474 g/mol. The Morgan fingerprint density at radius 2 is 1.65 bits per heavy atom. The molecule has 0 unspecified atom stereocenters. The number of ether oxygens (including phenoxy) is 2. The average Bonchev–Trinajstić information content (AvgIpc) is 3.19. The van der Waals surface area contributed by atoms with Gasteiger partial charge < -0.3 is 9.47 Å². The van der Waals surface area contributed by atoms with Crippen LogP contribution in [0.1, 0.15) is 38.1 Å². The van der Waals surface area contributed by atoms with Crippen LogP contribution in [0.2, 0.25) is 0 Å². The fraction of sp³-hybridized carbons (Fsp3) is 0.417. The zero-order valence-electron chi connectivity index (χ0n) is 20.3. The Morgan fingerprint density at radius 3 is 2.18 bits per heavy atom. The van der Waals surface area contributed by atoms with Crippen molar-refractivity contribution in [2.75, 3.05) is 32.6 Å². The predicted molar refractivity (Wildman–Crippen MR) is 136 cm³/mol. The first-order chi connectivity index (χ1) is 16.0. The van der Waals surface area contributed by atoms with Gasteiger partial charge in [0.15, 0.2) is 5.13 Å². The summed E-state index contributed by atoms with van der Waals surface area (Å²) < 4.78 is 39.3. The first-order valence-electron chi connectivity index (χ1n) is 11.0. The van der Waals surface area contributed by atoms with E-state index in [2.05, 4.69) is 10.3 Å². The van der Waals surface area contributed by atoms with Gasteiger partial charge in [0.2, 0.25) is 10.0 Å². The van der Waals surface area contributed by atoms with Crippen LogP contribution in [0, 0.1) is 11.8 Å². The highest BCUT2D eigenvalue weighted by Crippen LogP contribution is 2.36. The van der Waals surface area contributed by atoms with E-state index in [4.69, 9.17) is 9.47 Å². The molecule has 2 aromatic carbocycles. The number of nitrogens with zero attached hydrogens (tertiary/aromatic N) is 2. The van der Waals surface area contributed by atoms with E-state index in [-0.39, 0.29) is 22.6 Å². The third-order valence-corrected chi connectivity index (χ3v) is 7.77. The molecule has 1 amide bonds. The number of thiazole rings is 1. The van der Waals surface area contributed by atoms with Crippen molar-refractivity contribution in [2.45, 2.75) is 32.6 Å². The van der Waals surface area contributed by atoms with Crippen molar-refractivity contribution in [2.24, 2.45) is 11.8 Å². The number of carbonyl (C=O) groups excluding carboxylic acids is 1. The highest BCUT2D eigenvalue weighted by molar-refractivity contribution is 7.89. The summed E-state index contributed by atoms with van der Waals surface area (Å²) in [6.07, 6.45) is 0. The smallest absolute Gasteiger partial charge is 0.257 e. The largest absolute Gasteiger partial charge is 0.497 e. The second kappa shape index (κ2) is 10.7. The van der Waals surface area contributed by atoms with Gasteiger partial charge in [-0.1, -0.05) is 39.0 Å². The number of anilines is 1. The molecule has 3 aromatic rings. The van der Waals surface area contributed by atoms with Crippen LogP contribution in [0.15, 0.2) is 41.3 Å². The summed E-state index contributed by atoms with van der Waals surface area (Å²) in [4.78, 5) is 17.4. The second-order valence-corrected chi connectivity index (χ2v) is 11.8. The maximum absolute atomic E-state index is 13.2. The molecule has 0 bridgehead atoms. The van der Waals surface area contributed by atoms with Gasteiger partial charge in [-0.15, -0.1) is 0 Å². The molecule has 3 rings (SSSR count). The molecule has 1 aromatic heterocycles. The Kier molecular flexibility index (Phi) is 8.17. The topological polar surface area (TPSA) is 97.8 Å². The van der Waals surface area contributed by atoms with Crippen molar-refractivity contribution in [1.29, 1.82) is 0 Å². The van der Waals surface area contributed by atoms with Crippen molar-refractivity contribution in [1.82, 2.24) is 9.29 Å². The number of methoxy groups -OCH3 is 2. The number of fused-ring (bicyclic) bond motifs is 1. The summed E-state index contributed by atoms with van der Waals surface area (Å²) >= 11 is 1.30. The van der Waals surface area contributed by atoms with E-state index in [1.165, 1.54) is 39.9 Å². The van der Waals surface area contributed by atoms with Gasteiger partial charge in [0, 0.05) is 24.7 Å². The summed E-state index contributed by atoms with van der Waals surface area (Å²) in [5, 5.41) is 3.19. The molecule has 0 saturated heterocycles. The zero-order valence-corrected chi connectivity index (χ0v) is 21.9. The Morgan fingerprint density at radius 1 is 1.03 bits per heavy atom. The van der Waals surface area contributed by atoms with E-state index in [9.17, 15) is 13.2 Å². The molecule has 10 heteroatoms. The molecule has 0 aliphatic heterocycles. The van der Waals surface area contributed by atoms with Gasteiger partial charge in [-0.2, -0.15) is 4.31 Å². The summed E-state index contributed by atoms with van der Waals surface area (Å²) in [5.41, 5.74) is 0.961. The molecule has 184 valence electrons. The molecule has 8 nitrogen and oxygen atoms in total. The van der Waals surface area contributed by atoms with Crippen LogP contribution in [-0.4, -0.2) is 50.9 Å². The number of aromatic nitrogens is 1. The number of benzene rings is 2. The molecule has 1 heterocycles. The van der Waals surface area contributed by atoms with Crippen molar-refractivity contribution < 1.29 is 22.7 Å². The first kappa shape index (κ1) is 25.9. The lowest BCUT2D eigenvalue weighted by Gasteiger charge is -2.25. The van der Waals surface area contributed by atoms with Crippen LogP contribution >= 0.6 is 11.3 Å². The van der Waals surface area contributed by atoms with Crippen LogP contribution in [0.4, 0.5) is 5.13 Å². The molecule has 0 atom stereocenters.